The van der Waals surface area contributed by atoms with E-state index in [2.05, 4.69) is 16.9 Å². The Labute approximate surface area is 141 Å². The van der Waals surface area contributed by atoms with Crippen molar-refractivity contribution in [1.82, 2.24) is 14.8 Å². The second-order valence-electron chi connectivity index (χ2n) is 5.90. The molecule has 0 spiro atoms. The number of aryl methyl sites for hydroxylation is 1. The van der Waals surface area contributed by atoms with Crippen LogP contribution in [0.2, 0.25) is 0 Å². The lowest BCUT2D eigenvalue weighted by Crippen LogP contribution is -2.47. The summed E-state index contributed by atoms with van der Waals surface area (Å²) < 4.78 is 0. The first-order valence-electron chi connectivity index (χ1n) is 7.80. The Balaban J connectivity index is 1.79. The van der Waals surface area contributed by atoms with Gasteiger partial charge in [0.1, 0.15) is 4.88 Å². The highest BCUT2D eigenvalue weighted by molar-refractivity contribution is 7.17. The van der Waals surface area contributed by atoms with Crippen molar-refractivity contribution < 1.29 is 4.79 Å². The van der Waals surface area contributed by atoms with Crippen LogP contribution < -0.4 is 4.90 Å². The zero-order valence-corrected chi connectivity index (χ0v) is 14.6. The fourth-order valence-corrected chi connectivity index (χ4v) is 3.66. The number of anilines is 2. The standard InChI is InChI=1S/C17H22N4OS/c1-13-15(16(22)21-11-9-19(2)10-12-21)23-17(18-13)20(3)14-7-5-4-6-8-14/h4-8H,9-12H2,1-3H3. The molecule has 0 aliphatic carbocycles. The zero-order valence-electron chi connectivity index (χ0n) is 13.8. The van der Waals surface area contributed by atoms with Gasteiger partial charge in [0.25, 0.3) is 5.91 Å². The van der Waals surface area contributed by atoms with Crippen molar-refractivity contribution in [3.63, 3.8) is 0 Å². The molecular formula is C17H22N4OS. The lowest BCUT2D eigenvalue weighted by atomic mass is 10.3. The molecule has 1 saturated heterocycles. The van der Waals surface area contributed by atoms with Crippen molar-refractivity contribution in [3.05, 3.63) is 40.9 Å². The zero-order chi connectivity index (χ0) is 16.4. The summed E-state index contributed by atoms with van der Waals surface area (Å²) in [4.78, 5) is 24.3. The summed E-state index contributed by atoms with van der Waals surface area (Å²) in [7, 11) is 4.07. The molecule has 1 aliphatic rings. The van der Waals surface area contributed by atoms with Crippen molar-refractivity contribution in [2.45, 2.75) is 6.92 Å². The van der Waals surface area contributed by atoms with E-state index in [1.165, 1.54) is 11.3 Å². The minimum atomic E-state index is 0.112. The average molecular weight is 330 g/mol. The molecule has 23 heavy (non-hydrogen) atoms. The molecule has 5 nitrogen and oxygen atoms in total. The van der Waals surface area contributed by atoms with Gasteiger partial charge in [0, 0.05) is 38.9 Å². The first-order chi connectivity index (χ1) is 11.1. The van der Waals surface area contributed by atoms with Gasteiger partial charge in [-0.3, -0.25) is 4.79 Å². The molecule has 1 aromatic carbocycles. The van der Waals surface area contributed by atoms with E-state index in [1.54, 1.807) is 0 Å². The van der Waals surface area contributed by atoms with Crippen molar-refractivity contribution in [2.75, 3.05) is 45.2 Å². The molecule has 1 amide bonds. The molecule has 1 aromatic heterocycles. The molecule has 3 rings (SSSR count). The quantitative estimate of drug-likeness (QED) is 0.867. The molecule has 0 unspecified atom stereocenters. The number of carbonyl (C=O) groups is 1. The fraction of sp³-hybridized carbons (Fsp3) is 0.412. The number of amides is 1. The largest absolute Gasteiger partial charge is 0.335 e. The Kier molecular flexibility index (Phi) is 4.63. The van der Waals surface area contributed by atoms with Crippen molar-refractivity contribution in [2.24, 2.45) is 0 Å². The molecule has 2 aromatic rings. The van der Waals surface area contributed by atoms with Crippen molar-refractivity contribution in [1.29, 1.82) is 0 Å². The van der Waals surface area contributed by atoms with Crippen LogP contribution in [0.25, 0.3) is 0 Å². The fourth-order valence-electron chi connectivity index (χ4n) is 2.64. The van der Waals surface area contributed by atoms with Crippen LogP contribution in [-0.2, 0) is 0 Å². The van der Waals surface area contributed by atoms with Gasteiger partial charge in [-0.15, -0.1) is 0 Å². The van der Waals surface area contributed by atoms with Crippen LogP contribution in [0.15, 0.2) is 30.3 Å². The number of carbonyl (C=O) groups excluding carboxylic acids is 1. The summed E-state index contributed by atoms with van der Waals surface area (Å²) in [6, 6.07) is 10.1. The Morgan fingerprint density at radius 1 is 1.17 bits per heavy atom. The number of likely N-dealkylation sites (N-methyl/N-ethyl adjacent to an activating group) is 1. The molecule has 6 heteroatoms. The monoisotopic (exact) mass is 330 g/mol. The first kappa shape index (κ1) is 16.0. The SMILES string of the molecule is Cc1nc(N(C)c2ccccc2)sc1C(=O)N1CCN(C)CC1. The van der Waals surface area contributed by atoms with E-state index in [0.717, 1.165) is 47.6 Å². The van der Waals surface area contributed by atoms with Crippen LogP contribution in [0.3, 0.4) is 0 Å². The lowest BCUT2D eigenvalue weighted by Gasteiger charge is -2.32. The van der Waals surface area contributed by atoms with Crippen LogP contribution in [0.4, 0.5) is 10.8 Å². The van der Waals surface area contributed by atoms with E-state index in [4.69, 9.17) is 0 Å². The number of hydrogen-bond acceptors (Lipinski definition) is 5. The molecule has 0 bridgehead atoms. The van der Waals surface area contributed by atoms with Crippen molar-refractivity contribution in [3.8, 4) is 0 Å². The number of rotatable bonds is 3. The molecule has 122 valence electrons. The summed E-state index contributed by atoms with van der Waals surface area (Å²) in [6.45, 7) is 5.36. The Morgan fingerprint density at radius 3 is 2.48 bits per heavy atom. The third-order valence-corrected chi connectivity index (χ3v) is 5.42. The Morgan fingerprint density at radius 2 is 1.83 bits per heavy atom. The summed E-state index contributed by atoms with van der Waals surface area (Å²) in [6.07, 6.45) is 0. The molecule has 0 N–H and O–H groups in total. The second kappa shape index (κ2) is 6.68. The highest BCUT2D eigenvalue weighted by atomic mass is 32.1. The van der Waals surface area contributed by atoms with Gasteiger partial charge in [0.15, 0.2) is 5.13 Å². The van der Waals surface area contributed by atoms with E-state index in [1.807, 2.05) is 54.1 Å². The first-order valence-corrected chi connectivity index (χ1v) is 8.62. The van der Waals surface area contributed by atoms with E-state index in [9.17, 15) is 4.79 Å². The maximum absolute atomic E-state index is 12.8. The minimum absolute atomic E-state index is 0.112. The van der Waals surface area contributed by atoms with Crippen LogP contribution in [-0.4, -0.2) is 61.0 Å². The number of piperazine rings is 1. The molecular weight excluding hydrogens is 308 g/mol. The van der Waals surface area contributed by atoms with Crippen LogP contribution in [0.1, 0.15) is 15.4 Å². The van der Waals surface area contributed by atoms with Gasteiger partial charge in [-0.1, -0.05) is 29.5 Å². The third kappa shape index (κ3) is 3.38. The predicted molar refractivity (Wildman–Crippen MR) is 94.8 cm³/mol. The van der Waals surface area contributed by atoms with Gasteiger partial charge in [0.05, 0.1) is 5.69 Å². The number of benzene rings is 1. The summed E-state index contributed by atoms with van der Waals surface area (Å²) in [5.41, 5.74) is 1.89. The molecule has 0 radical (unpaired) electrons. The summed E-state index contributed by atoms with van der Waals surface area (Å²) in [5.74, 6) is 0.112. The second-order valence-corrected chi connectivity index (χ2v) is 6.88. The number of nitrogens with zero attached hydrogens (tertiary/aromatic N) is 4. The molecule has 1 fully saturated rings. The normalized spacial score (nSPS) is 15.7. The summed E-state index contributed by atoms with van der Waals surface area (Å²) in [5, 5.41) is 0.853. The van der Waals surface area contributed by atoms with Gasteiger partial charge in [-0.25, -0.2) is 4.98 Å². The lowest BCUT2D eigenvalue weighted by molar-refractivity contribution is 0.0668. The minimum Gasteiger partial charge on any atom is -0.335 e. The van der Waals surface area contributed by atoms with Crippen LogP contribution in [0.5, 0.6) is 0 Å². The van der Waals surface area contributed by atoms with Crippen LogP contribution >= 0.6 is 11.3 Å². The third-order valence-electron chi connectivity index (χ3n) is 4.20. The van der Waals surface area contributed by atoms with Gasteiger partial charge >= 0.3 is 0 Å². The average Bonchev–Trinajstić information content (AvgIpc) is 2.97. The highest BCUT2D eigenvalue weighted by Crippen LogP contribution is 2.31. The smallest absolute Gasteiger partial charge is 0.266 e. The Hall–Kier alpha value is -1.92. The van der Waals surface area contributed by atoms with Crippen molar-refractivity contribution >= 4 is 28.1 Å². The molecule has 1 aliphatic heterocycles. The summed E-state index contributed by atoms with van der Waals surface area (Å²) >= 11 is 1.47. The number of hydrogen-bond donors (Lipinski definition) is 0. The highest BCUT2D eigenvalue weighted by Gasteiger charge is 2.25. The van der Waals surface area contributed by atoms with Gasteiger partial charge in [-0.2, -0.15) is 0 Å². The molecule has 0 saturated carbocycles. The molecule has 0 atom stereocenters. The van der Waals surface area contributed by atoms with Crippen LogP contribution in [0, 0.1) is 6.92 Å². The van der Waals surface area contributed by atoms with E-state index in [0.29, 0.717) is 0 Å². The van der Waals surface area contributed by atoms with Gasteiger partial charge in [-0.05, 0) is 26.1 Å². The Bertz CT molecular complexity index is 677. The topological polar surface area (TPSA) is 39.7 Å². The maximum atomic E-state index is 12.8. The number of aromatic nitrogens is 1. The molecule has 2 heterocycles. The van der Waals surface area contributed by atoms with Gasteiger partial charge < -0.3 is 14.7 Å². The van der Waals surface area contributed by atoms with Gasteiger partial charge in [0.2, 0.25) is 0 Å². The number of para-hydroxylation sites is 1. The van der Waals surface area contributed by atoms with E-state index in [-0.39, 0.29) is 5.91 Å². The predicted octanol–water partition coefficient (Wildman–Crippen LogP) is 2.61. The van der Waals surface area contributed by atoms with E-state index >= 15 is 0 Å². The number of thiazole rings is 1. The van der Waals surface area contributed by atoms with E-state index < -0.39 is 0 Å². The maximum Gasteiger partial charge on any atom is 0.266 e.